The van der Waals surface area contributed by atoms with Crippen LogP contribution in [0.4, 0.5) is 0 Å². The van der Waals surface area contributed by atoms with E-state index in [1.165, 1.54) is 51.4 Å². The molecule has 1 unspecified atom stereocenters. The zero-order chi connectivity index (χ0) is 12.2. The Morgan fingerprint density at radius 1 is 0.875 bits per heavy atom. The molecule has 0 radical (unpaired) electrons. The van der Waals surface area contributed by atoms with E-state index in [1.54, 1.807) is 0 Å². The van der Waals surface area contributed by atoms with Gasteiger partial charge in [0.25, 0.3) is 0 Å². The molecule has 0 amide bonds. The molecule has 16 heavy (non-hydrogen) atoms. The predicted octanol–water partition coefficient (Wildman–Crippen LogP) is 3.62. The van der Waals surface area contributed by atoms with Gasteiger partial charge in [-0.3, -0.25) is 4.90 Å². The maximum absolute atomic E-state index is 3.52. The van der Waals surface area contributed by atoms with Crippen LogP contribution in [0.2, 0.25) is 0 Å². The molecule has 0 fully saturated rings. The van der Waals surface area contributed by atoms with E-state index in [2.05, 4.69) is 38.2 Å². The molecule has 0 aromatic rings. The van der Waals surface area contributed by atoms with Crippen LogP contribution in [0.25, 0.3) is 0 Å². The van der Waals surface area contributed by atoms with Crippen molar-refractivity contribution in [1.82, 2.24) is 10.2 Å². The van der Waals surface area contributed by atoms with Crippen LogP contribution in [0.5, 0.6) is 0 Å². The van der Waals surface area contributed by atoms with Crippen LogP contribution < -0.4 is 5.32 Å². The average molecular weight is 228 g/mol. The van der Waals surface area contributed by atoms with Crippen molar-refractivity contribution in [2.75, 3.05) is 20.6 Å². The van der Waals surface area contributed by atoms with E-state index < -0.39 is 0 Å². The van der Waals surface area contributed by atoms with Crippen LogP contribution in [0.15, 0.2) is 0 Å². The Balaban J connectivity index is 3.33. The molecule has 0 bridgehead atoms. The second kappa shape index (κ2) is 11.4. The minimum absolute atomic E-state index is 0.570. The molecule has 2 nitrogen and oxygen atoms in total. The fourth-order valence-corrected chi connectivity index (χ4v) is 2.07. The molecule has 1 atom stereocenters. The van der Waals surface area contributed by atoms with Crippen molar-refractivity contribution in [3.8, 4) is 0 Å². The summed E-state index contributed by atoms with van der Waals surface area (Å²) in [7, 11) is 4.32. The van der Waals surface area contributed by atoms with Crippen molar-refractivity contribution in [2.24, 2.45) is 0 Å². The Morgan fingerprint density at radius 2 is 1.44 bits per heavy atom. The molecule has 98 valence electrons. The van der Waals surface area contributed by atoms with Crippen molar-refractivity contribution in [2.45, 2.75) is 71.4 Å². The highest BCUT2D eigenvalue weighted by molar-refractivity contribution is 4.62. The first-order valence-electron chi connectivity index (χ1n) is 7.12. The number of unbranched alkanes of at least 4 members (excludes halogenated alkanes) is 6. The van der Waals surface area contributed by atoms with E-state index >= 15 is 0 Å². The quantitative estimate of drug-likeness (QED) is 0.429. The molecule has 0 saturated carbocycles. The lowest BCUT2D eigenvalue weighted by Gasteiger charge is -2.24. The normalized spacial score (nSPS) is 13.3. The van der Waals surface area contributed by atoms with Gasteiger partial charge < -0.3 is 5.32 Å². The second-order valence-corrected chi connectivity index (χ2v) is 4.95. The van der Waals surface area contributed by atoms with Crippen molar-refractivity contribution < 1.29 is 0 Å². The predicted molar refractivity (Wildman–Crippen MR) is 73.8 cm³/mol. The van der Waals surface area contributed by atoms with Gasteiger partial charge in [-0.2, -0.15) is 0 Å². The lowest BCUT2D eigenvalue weighted by Crippen LogP contribution is -2.41. The molecule has 0 saturated heterocycles. The third-order valence-corrected chi connectivity index (χ3v) is 3.14. The van der Waals surface area contributed by atoms with Crippen LogP contribution in [0.3, 0.4) is 0 Å². The maximum Gasteiger partial charge on any atom is 0.0591 e. The lowest BCUT2D eigenvalue weighted by molar-refractivity contribution is 0.230. The van der Waals surface area contributed by atoms with E-state index in [0.29, 0.717) is 6.17 Å². The Kier molecular flexibility index (Phi) is 11.3. The smallest absolute Gasteiger partial charge is 0.0591 e. The summed E-state index contributed by atoms with van der Waals surface area (Å²) < 4.78 is 0. The van der Waals surface area contributed by atoms with Gasteiger partial charge in [0.1, 0.15) is 0 Å². The van der Waals surface area contributed by atoms with Gasteiger partial charge in [-0.25, -0.2) is 0 Å². The standard InChI is InChI=1S/C14H32N2/c1-5-7-8-9-10-11-12-13-14(15-6-2)16(3)4/h14-15H,5-13H2,1-4H3. The van der Waals surface area contributed by atoms with Crippen LogP contribution in [-0.2, 0) is 0 Å². The van der Waals surface area contributed by atoms with Gasteiger partial charge in [0, 0.05) is 0 Å². The van der Waals surface area contributed by atoms with Crippen LogP contribution in [0, 0.1) is 0 Å². The zero-order valence-electron chi connectivity index (χ0n) is 11.9. The molecular formula is C14H32N2. The number of rotatable bonds is 11. The summed E-state index contributed by atoms with van der Waals surface area (Å²) in [5.74, 6) is 0. The molecule has 0 spiro atoms. The monoisotopic (exact) mass is 228 g/mol. The summed E-state index contributed by atoms with van der Waals surface area (Å²) in [5.41, 5.74) is 0. The van der Waals surface area contributed by atoms with E-state index in [4.69, 9.17) is 0 Å². The van der Waals surface area contributed by atoms with Gasteiger partial charge in [-0.05, 0) is 27.1 Å². The molecule has 0 aliphatic carbocycles. The topological polar surface area (TPSA) is 15.3 Å². The third-order valence-electron chi connectivity index (χ3n) is 3.14. The van der Waals surface area contributed by atoms with Crippen molar-refractivity contribution in [3.63, 3.8) is 0 Å². The summed E-state index contributed by atoms with van der Waals surface area (Å²) in [5, 5.41) is 3.52. The number of hydrogen-bond donors (Lipinski definition) is 1. The first-order valence-corrected chi connectivity index (χ1v) is 7.12. The van der Waals surface area contributed by atoms with E-state index in [-0.39, 0.29) is 0 Å². The van der Waals surface area contributed by atoms with Gasteiger partial charge in [0.05, 0.1) is 6.17 Å². The van der Waals surface area contributed by atoms with E-state index in [1.807, 2.05) is 0 Å². The van der Waals surface area contributed by atoms with Crippen molar-refractivity contribution in [3.05, 3.63) is 0 Å². The molecule has 1 N–H and O–H groups in total. The minimum Gasteiger partial charge on any atom is -0.302 e. The number of nitrogens with one attached hydrogen (secondary N) is 1. The largest absolute Gasteiger partial charge is 0.302 e. The van der Waals surface area contributed by atoms with Gasteiger partial charge in [-0.1, -0.05) is 58.8 Å². The van der Waals surface area contributed by atoms with E-state index in [9.17, 15) is 0 Å². The Morgan fingerprint density at radius 3 is 1.94 bits per heavy atom. The molecule has 0 aromatic heterocycles. The molecule has 0 rings (SSSR count). The highest BCUT2D eigenvalue weighted by atomic mass is 15.2. The van der Waals surface area contributed by atoms with Gasteiger partial charge in [-0.15, -0.1) is 0 Å². The first kappa shape index (κ1) is 15.9. The lowest BCUT2D eigenvalue weighted by atomic mass is 10.1. The molecule has 0 heterocycles. The van der Waals surface area contributed by atoms with Gasteiger partial charge >= 0.3 is 0 Å². The molecule has 2 heteroatoms. The molecule has 0 aromatic carbocycles. The zero-order valence-corrected chi connectivity index (χ0v) is 11.9. The van der Waals surface area contributed by atoms with Crippen molar-refractivity contribution >= 4 is 0 Å². The fraction of sp³-hybridized carbons (Fsp3) is 1.00. The summed E-state index contributed by atoms with van der Waals surface area (Å²) in [4.78, 5) is 2.29. The Hall–Kier alpha value is -0.0800. The molecule has 0 aliphatic heterocycles. The summed E-state index contributed by atoms with van der Waals surface area (Å²) >= 11 is 0. The molecular weight excluding hydrogens is 196 g/mol. The molecule has 0 aliphatic rings. The Labute approximate surface area is 103 Å². The summed E-state index contributed by atoms with van der Waals surface area (Å²) in [6.45, 7) is 5.53. The number of nitrogens with zero attached hydrogens (tertiary/aromatic N) is 1. The van der Waals surface area contributed by atoms with Gasteiger partial charge in [0.15, 0.2) is 0 Å². The maximum atomic E-state index is 3.52. The van der Waals surface area contributed by atoms with Crippen LogP contribution in [-0.4, -0.2) is 31.7 Å². The highest BCUT2D eigenvalue weighted by Crippen LogP contribution is 2.10. The van der Waals surface area contributed by atoms with Gasteiger partial charge in [0.2, 0.25) is 0 Å². The van der Waals surface area contributed by atoms with Crippen molar-refractivity contribution in [1.29, 1.82) is 0 Å². The first-order chi connectivity index (χ1) is 7.72. The minimum atomic E-state index is 0.570. The SMILES string of the molecule is CCCCCCCCCC(NCC)N(C)C. The fourth-order valence-electron chi connectivity index (χ4n) is 2.07. The highest BCUT2D eigenvalue weighted by Gasteiger charge is 2.08. The van der Waals surface area contributed by atoms with E-state index in [0.717, 1.165) is 6.54 Å². The number of hydrogen-bond acceptors (Lipinski definition) is 2. The summed E-state index contributed by atoms with van der Waals surface area (Å²) in [6, 6.07) is 0. The van der Waals surface area contributed by atoms with Crippen LogP contribution >= 0.6 is 0 Å². The Bertz CT molecular complexity index is 135. The van der Waals surface area contributed by atoms with Crippen LogP contribution in [0.1, 0.15) is 65.2 Å². The average Bonchev–Trinajstić information content (AvgIpc) is 2.26. The third kappa shape index (κ3) is 9.17. The second-order valence-electron chi connectivity index (χ2n) is 4.95. The summed E-state index contributed by atoms with van der Waals surface area (Å²) in [6.07, 6.45) is 11.7.